The minimum absolute atomic E-state index is 0.0133. The van der Waals surface area contributed by atoms with Gasteiger partial charge in [0.1, 0.15) is 0 Å². The first kappa shape index (κ1) is 34.2. The van der Waals surface area contributed by atoms with Gasteiger partial charge in [-0.3, -0.25) is 4.79 Å². The Morgan fingerprint density at radius 2 is 1.00 bits per heavy atom. The van der Waals surface area contributed by atoms with Crippen LogP contribution in [0.2, 0.25) is 0 Å². The van der Waals surface area contributed by atoms with Crippen LogP contribution in [-0.2, 0) is 9.53 Å². The van der Waals surface area contributed by atoms with E-state index in [9.17, 15) is 4.79 Å². The number of carbonyl (C=O) groups is 1. The molecule has 0 aromatic carbocycles. The zero-order valence-electron chi connectivity index (χ0n) is 24.4. The first-order valence-corrected chi connectivity index (χ1v) is 16.0. The maximum Gasteiger partial charge on any atom is 0.305 e. The van der Waals surface area contributed by atoms with E-state index in [1.807, 2.05) is 0 Å². The minimum atomic E-state index is 0.0133. The van der Waals surface area contributed by atoms with E-state index >= 15 is 0 Å². The highest BCUT2D eigenvalue weighted by atomic mass is 16.5. The summed E-state index contributed by atoms with van der Waals surface area (Å²) in [5.74, 6) is 0.888. The lowest BCUT2D eigenvalue weighted by molar-refractivity contribution is -0.143. The lowest BCUT2D eigenvalue weighted by Gasteiger charge is -2.06. The summed E-state index contributed by atoms with van der Waals surface area (Å²) in [6, 6.07) is 0. The van der Waals surface area contributed by atoms with Crippen LogP contribution >= 0.6 is 0 Å². The van der Waals surface area contributed by atoms with Gasteiger partial charge in [0.25, 0.3) is 0 Å². The Morgan fingerprint density at radius 3 is 1.51 bits per heavy atom. The van der Waals surface area contributed by atoms with Crippen LogP contribution in [0.5, 0.6) is 0 Å². The van der Waals surface area contributed by atoms with Gasteiger partial charge in [0, 0.05) is 6.42 Å². The SMILES string of the molecule is CCCCC=CCCCCCCCC(=O)OCCCCCCCCCCCCCCCCC(C)C. The number of unbranched alkanes of at least 4 members (excludes halogenated alkanes) is 20. The molecule has 0 amide bonds. The molecule has 208 valence electrons. The molecule has 2 nitrogen and oxygen atoms in total. The molecule has 0 aliphatic rings. The lowest BCUT2D eigenvalue weighted by atomic mass is 10.0. The van der Waals surface area contributed by atoms with Crippen LogP contribution in [0.25, 0.3) is 0 Å². The summed E-state index contributed by atoms with van der Waals surface area (Å²) in [6.45, 7) is 7.53. The molecule has 0 aromatic rings. The Labute approximate surface area is 221 Å². The molecule has 35 heavy (non-hydrogen) atoms. The highest BCUT2D eigenvalue weighted by Crippen LogP contribution is 2.15. The second kappa shape index (κ2) is 29.4. The third-order valence-electron chi connectivity index (χ3n) is 7.08. The Hall–Kier alpha value is -0.790. The third kappa shape index (κ3) is 31.2. The van der Waals surface area contributed by atoms with Crippen LogP contribution in [-0.4, -0.2) is 12.6 Å². The van der Waals surface area contributed by atoms with Crippen LogP contribution in [0.1, 0.15) is 181 Å². The molecule has 0 bridgehead atoms. The van der Waals surface area contributed by atoms with Gasteiger partial charge in [0.05, 0.1) is 6.61 Å². The molecule has 0 atom stereocenters. The first-order chi connectivity index (χ1) is 17.2. The molecule has 0 saturated heterocycles. The molecule has 0 N–H and O–H groups in total. The molecule has 2 heteroatoms. The quantitative estimate of drug-likeness (QED) is 0.0616. The molecule has 0 aliphatic carbocycles. The Bertz CT molecular complexity index is 440. The number of esters is 1. The number of carbonyl (C=O) groups excluding carboxylic acids is 1. The summed E-state index contributed by atoms with van der Waals surface area (Å²) in [5, 5.41) is 0. The van der Waals surface area contributed by atoms with E-state index in [4.69, 9.17) is 4.74 Å². The summed E-state index contributed by atoms with van der Waals surface area (Å²) < 4.78 is 5.41. The molecular formula is C33H64O2. The fraction of sp³-hybridized carbons (Fsp3) is 0.909. The van der Waals surface area contributed by atoms with Crippen molar-refractivity contribution < 1.29 is 9.53 Å². The predicted molar refractivity (Wildman–Crippen MR) is 156 cm³/mol. The summed E-state index contributed by atoms with van der Waals surface area (Å²) in [4.78, 5) is 11.8. The molecular weight excluding hydrogens is 428 g/mol. The Kier molecular flexibility index (Phi) is 28.8. The van der Waals surface area contributed by atoms with Crippen molar-refractivity contribution in [1.29, 1.82) is 0 Å². The monoisotopic (exact) mass is 492 g/mol. The van der Waals surface area contributed by atoms with Crippen LogP contribution in [0, 0.1) is 5.92 Å². The second-order valence-corrected chi connectivity index (χ2v) is 11.3. The molecule has 0 fully saturated rings. The number of hydrogen-bond acceptors (Lipinski definition) is 2. The van der Waals surface area contributed by atoms with E-state index < -0.39 is 0 Å². The molecule has 0 unspecified atom stereocenters. The summed E-state index contributed by atoms with van der Waals surface area (Å²) in [5.41, 5.74) is 0. The minimum Gasteiger partial charge on any atom is -0.466 e. The topological polar surface area (TPSA) is 26.3 Å². The maximum absolute atomic E-state index is 11.8. The number of allylic oxidation sites excluding steroid dienone is 2. The average Bonchev–Trinajstić information content (AvgIpc) is 2.84. The van der Waals surface area contributed by atoms with Crippen LogP contribution < -0.4 is 0 Å². The van der Waals surface area contributed by atoms with Crippen molar-refractivity contribution in [2.45, 2.75) is 181 Å². The van der Waals surface area contributed by atoms with E-state index in [1.165, 1.54) is 135 Å². The summed E-state index contributed by atoms with van der Waals surface area (Å²) in [7, 11) is 0. The van der Waals surface area contributed by atoms with E-state index in [0.29, 0.717) is 13.0 Å². The molecule has 0 heterocycles. The number of hydrogen-bond donors (Lipinski definition) is 0. The van der Waals surface area contributed by atoms with Gasteiger partial charge in [-0.1, -0.05) is 155 Å². The van der Waals surface area contributed by atoms with E-state index in [0.717, 1.165) is 25.2 Å². The fourth-order valence-electron chi connectivity index (χ4n) is 4.65. The normalized spacial score (nSPS) is 11.7. The maximum atomic E-state index is 11.8. The van der Waals surface area contributed by atoms with Gasteiger partial charge < -0.3 is 4.74 Å². The zero-order chi connectivity index (χ0) is 25.7. The van der Waals surface area contributed by atoms with Gasteiger partial charge in [0.2, 0.25) is 0 Å². The van der Waals surface area contributed by atoms with Crippen LogP contribution in [0.3, 0.4) is 0 Å². The van der Waals surface area contributed by atoms with Crippen LogP contribution in [0.15, 0.2) is 12.2 Å². The Balaban J connectivity index is 3.17. The number of ether oxygens (including phenoxy) is 1. The van der Waals surface area contributed by atoms with Crippen molar-refractivity contribution >= 4 is 5.97 Å². The highest BCUT2D eigenvalue weighted by Gasteiger charge is 2.02. The van der Waals surface area contributed by atoms with Crippen LogP contribution in [0.4, 0.5) is 0 Å². The molecule has 0 aromatic heterocycles. The fourth-order valence-corrected chi connectivity index (χ4v) is 4.65. The van der Waals surface area contributed by atoms with E-state index in [-0.39, 0.29) is 5.97 Å². The van der Waals surface area contributed by atoms with Crippen molar-refractivity contribution in [3.63, 3.8) is 0 Å². The van der Waals surface area contributed by atoms with Gasteiger partial charge in [-0.2, -0.15) is 0 Å². The Morgan fingerprint density at radius 1 is 0.571 bits per heavy atom. The lowest BCUT2D eigenvalue weighted by Crippen LogP contribution is -2.05. The molecule has 0 rings (SSSR count). The van der Waals surface area contributed by atoms with Gasteiger partial charge >= 0.3 is 5.97 Å². The first-order valence-electron chi connectivity index (χ1n) is 16.0. The summed E-state index contributed by atoms with van der Waals surface area (Å²) >= 11 is 0. The largest absolute Gasteiger partial charge is 0.466 e. The van der Waals surface area contributed by atoms with E-state index in [2.05, 4.69) is 32.9 Å². The zero-order valence-corrected chi connectivity index (χ0v) is 24.4. The van der Waals surface area contributed by atoms with Crippen molar-refractivity contribution in [1.82, 2.24) is 0 Å². The van der Waals surface area contributed by atoms with Crippen molar-refractivity contribution in [2.75, 3.05) is 6.61 Å². The molecule has 0 radical (unpaired) electrons. The van der Waals surface area contributed by atoms with Crippen molar-refractivity contribution in [3.8, 4) is 0 Å². The van der Waals surface area contributed by atoms with Crippen molar-refractivity contribution in [2.24, 2.45) is 5.92 Å². The second-order valence-electron chi connectivity index (χ2n) is 11.3. The van der Waals surface area contributed by atoms with Gasteiger partial charge in [0.15, 0.2) is 0 Å². The molecule has 0 saturated carbocycles. The standard InChI is InChI=1S/C33H64O2/c1-4-5-6-7-8-9-14-18-21-24-27-30-33(34)35-31-28-25-22-19-16-13-11-10-12-15-17-20-23-26-29-32(2)3/h7-8,32H,4-6,9-31H2,1-3H3. The molecule has 0 aliphatic heterocycles. The van der Waals surface area contributed by atoms with E-state index in [1.54, 1.807) is 0 Å². The van der Waals surface area contributed by atoms with Gasteiger partial charge in [-0.25, -0.2) is 0 Å². The summed E-state index contributed by atoms with van der Waals surface area (Å²) in [6.07, 6.45) is 36.8. The highest BCUT2D eigenvalue weighted by molar-refractivity contribution is 5.69. The van der Waals surface area contributed by atoms with Crippen molar-refractivity contribution in [3.05, 3.63) is 12.2 Å². The molecule has 0 spiro atoms. The third-order valence-corrected chi connectivity index (χ3v) is 7.08. The number of rotatable bonds is 28. The smallest absolute Gasteiger partial charge is 0.305 e. The van der Waals surface area contributed by atoms with Gasteiger partial charge in [-0.15, -0.1) is 0 Å². The predicted octanol–water partition coefficient (Wildman–Crippen LogP) is 11.5. The average molecular weight is 493 g/mol. The van der Waals surface area contributed by atoms with Gasteiger partial charge in [-0.05, 0) is 38.0 Å².